The third-order valence-electron chi connectivity index (χ3n) is 23.8. The van der Waals surface area contributed by atoms with E-state index in [4.69, 9.17) is 89.1 Å². The number of hydrogen-bond acceptors (Lipinski definition) is 20. The van der Waals surface area contributed by atoms with Gasteiger partial charge in [-0.15, -0.1) is 0 Å². The van der Waals surface area contributed by atoms with E-state index in [2.05, 4.69) is 63.8 Å². The molecular formula is C96H150N28O12. The molecule has 0 fully saturated rings. The minimum Gasteiger partial charge on any atom is -0.370 e. The number of nitrogens with one attached hydrogen (secondary N) is 20. The zero-order chi connectivity index (χ0) is 100. The number of amides is 4. The van der Waals surface area contributed by atoms with E-state index in [1.165, 1.54) is 0 Å². The van der Waals surface area contributed by atoms with Crippen LogP contribution in [0.3, 0.4) is 0 Å². The van der Waals surface area contributed by atoms with Gasteiger partial charge in [-0.05, 0) is 157 Å². The molecule has 0 aliphatic rings. The summed E-state index contributed by atoms with van der Waals surface area (Å²) in [5, 5.41) is 96.2. The Labute approximate surface area is 798 Å². The maximum absolute atomic E-state index is 15.6. The molecule has 4 aromatic rings. The maximum Gasteiger partial charge on any atom is 0.224 e. The zero-order valence-corrected chi connectivity index (χ0v) is 79.0. The molecule has 0 aliphatic heterocycles. The van der Waals surface area contributed by atoms with Crippen molar-refractivity contribution in [3.63, 3.8) is 0 Å². The van der Waals surface area contributed by atoms with Gasteiger partial charge in [0.2, 0.25) is 23.6 Å². The second kappa shape index (κ2) is 64.2. The molecule has 136 heavy (non-hydrogen) atoms. The van der Waals surface area contributed by atoms with E-state index in [0.29, 0.717) is 48.9 Å². The van der Waals surface area contributed by atoms with Crippen molar-refractivity contribution in [2.45, 2.75) is 225 Å². The lowest BCUT2D eigenvalue weighted by molar-refractivity contribution is -0.136. The number of Topliss-reactive ketones (excluding diaryl/α,β-unsaturated/α-hetero) is 8. The Balaban J connectivity index is 1.82. The van der Waals surface area contributed by atoms with Crippen molar-refractivity contribution in [1.82, 2.24) is 63.8 Å². The van der Waals surface area contributed by atoms with Crippen LogP contribution < -0.4 is 110 Å². The van der Waals surface area contributed by atoms with Crippen molar-refractivity contribution in [2.24, 2.45) is 99.1 Å². The standard InChI is InChI=1S/C96H150N28O12/c1-4-65(33-17-41-113-89(97)98)85(133)121-73(49-61-25-9-5-10-26-61)80(128)53-66(34-18-42-114-90(99)100)77(125)57-70(38-22-46-118-94(107)108)86(134)122-74(50-62-27-11-6-12-28-62)81(129)54-67(35-19-43-115-91(101)102)78(126)58-71(39-23-47-119-95(109)110)87(135)123-75(51-63-29-13-7-14-30-63)82(130)55-68(36-20-44-116-92(103)104)79(127)59-72(40-24-48-120-96(111)112)88(136)124-76(52-64-31-15-8-16-32-64)83(131)56-69(84(132)60(2)3)37-21-45-117-93(105)106/h5-16,25-32,60,65-76H,4,17-24,33-59H2,1-3H3,(H,121,133)(H,122,134)(H,123,135)(H,124,136)(H4,97,98,113)(H4,99,100,114)(H4,101,102,115)(H4,103,104,116)(H4,105,106,117)(H4,107,108,118)(H4,109,110,119)(H4,111,112,120). The van der Waals surface area contributed by atoms with Crippen molar-refractivity contribution in [3.8, 4) is 0 Å². The van der Waals surface area contributed by atoms with Gasteiger partial charge in [0.1, 0.15) is 23.1 Å². The van der Waals surface area contributed by atoms with Crippen LogP contribution in [0, 0.1) is 96.5 Å². The molecule has 0 spiro atoms. The summed E-state index contributed by atoms with van der Waals surface area (Å²) in [6, 6.07) is 30.2. The first-order valence-electron chi connectivity index (χ1n) is 47.1. The quantitative estimate of drug-likeness (QED) is 0.0171. The smallest absolute Gasteiger partial charge is 0.224 e. The van der Waals surface area contributed by atoms with Crippen LogP contribution in [-0.4, -0.2) is 194 Å². The largest absolute Gasteiger partial charge is 0.370 e. The van der Waals surface area contributed by atoms with Gasteiger partial charge in [-0.1, -0.05) is 142 Å². The molecule has 4 amide bonds. The number of carbonyl (C=O) groups is 12. The Morgan fingerprint density at radius 1 is 0.243 bits per heavy atom. The lowest BCUT2D eigenvalue weighted by Crippen LogP contribution is -2.47. The summed E-state index contributed by atoms with van der Waals surface area (Å²) in [7, 11) is 0. The molecule has 12 atom stereocenters. The summed E-state index contributed by atoms with van der Waals surface area (Å²) in [5.74, 6) is -18.0. The van der Waals surface area contributed by atoms with Gasteiger partial charge in [-0.25, -0.2) is 0 Å². The zero-order valence-electron chi connectivity index (χ0n) is 79.0. The molecule has 0 aliphatic carbocycles. The highest BCUT2D eigenvalue weighted by molar-refractivity contribution is 6.00. The van der Waals surface area contributed by atoms with E-state index in [1.54, 1.807) is 123 Å². The van der Waals surface area contributed by atoms with Crippen LogP contribution in [0.1, 0.15) is 197 Å². The van der Waals surface area contributed by atoms with Gasteiger partial charge in [0.25, 0.3) is 0 Å². The first-order valence-corrected chi connectivity index (χ1v) is 47.1. The van der Waals surface area contributed by atoms with Crippen molar-refractivity contribution in [3.05, 3.63) is 144 Å². The van der Waals surface area contributed by atoms with Crippen LogP contribution in [0.2, 0.25) is 0 Å². The van der Waals surface area contributed by atoms with Crippen LogP contribution in [0.25, 0.3) is 0 Å². The molecule has 36 N–H and O–H groups in total. The van der Waals surface area contributed by atoms with Crippen LogP contribution in [0.5, 0.6) is 0 Å². The molecule has 746 valence electrons. The van der Waals surface area contributed by atoms with E-state index >= 15 is 38.4 Å². The van der Waals surface area contributed by atoms with Crippen LogP contribution in [-0.2, 0) is 83.2 Å². The Kier molecular flexibility index (Phi) is 54.1. The minimum absolute atomic E-state index is 0.00283. The predicted molar refractivity (Wildman–Crippen MR) is 527 cm³/mol. The average Bonchev–Trinajstić information content (AvgIpc) is 0.850. The van der Waals surface area contributed by atoms with Gasteiger partial charge in [-0.2, -0.15) is 0 Å². The fraction of sp³-hybridized carbons (Fsp3) is 0.542. The number of benzene rings is 4. The lowest BCUT2D eigenvalue weighted by Gasteiger charge is -2.27. The van der Waals surface area contributed by atoms with Gasteiger partial charge in [-0.3, -0.25) is 101 Å². The third-order valence-corrected chi connectivity index (χ3v) is 23.8. The van der Waals surface area contributed by atoms with Gasteiger partial charge in [0.05, 0.1) is 24.2 Å². The number of rotatable bonds is 72. The number of ketones is 8. The van der Waals surface area contributed by atoms with Gasteiger partial charge in [0, 0.05) is 151 Å². The summed E-state index contributed by atoms with van der Waals surface area (Å²) in [6.45, 7) is 6.44. The SMILES string of the molecule is CCC(CCCNC(=N)N)C(=O)NC(Cc1ccccc1)C(=O)CC(CCCNC(=N)N)C(=O)CC(CCCNC(=N)N)C(=O)NC(Cc1ccccc1)C(=O)CC(CCCNC(=N)N)C(=O)CC(CCCNC(=N)N)C(=O)NC(Cc1ccccc1)C(=O)CC(CCCNC(=N)N)C(=O)CC(CCCNC(=N)N)C(=O)NC(Cc1ccccc1)C(=O)CC(CCCNC(=N)N)C(=O)C(C)C. The highest BCUT2D eigenvalue weighted by Crippen LogP contribution is 2.30. The molecule has 40 nitrogen and oxygen atoms in total. The average molecular weight is 1890 g/mol. The fourth-order valence-corrected chi connectivity index (χ4v) is 16.3. The molecule has 4 aromatic carbocycles. The maximum atomic E-state index is 15.6. The van der Waals surface area contributed by atoms with E-state index in [1.807, 2.05) is 19.1 Å². The highest BCUT2D eigenvalue weighted by atomic mass is 16.2. The van der Waals surface area contributed by atoms with Crippen molar-refractivity contribution in [2.75, 3.05) is 52.4 Å². The molecule has 12 unspecified atom stereocenters. The monoisotopic (exact) mass is 1890 g/mol. The molecule has 0 saturated carbocycles. The Hall–Kier alpha value is -13.7. The first-order chi connectivity index (χ1) is 64.8. The molecular weight excluding hydrogens is 1740 g/mol. The molecule has 4 rings (SSSR count). The topological polar surface area (TPSA) is 748 Å². The molecule has 0 heterocycles. The van der Waals surface area contributed by atoms with Gasteiger partial charge < -0.3 is 110 Å². The Bertz CT molecular complexity index is 4530. The Morgan fingerprint density at radius 3 is 0.603 bits per heavy atom. The third kappa shape index (κ3) is 48.3. The van der Waals surface area contributed by atoms with Gasteiger partial charge >= 0.3 is 0 Å². The van der Waals surface area contributed by atoms with E-state index < -0.39 is 168 Å². The molecule has 40 heteroatoms. The highest BCUT2D eigenvalue weighted by Gasteiger charge is 2.39. The summed E-state index contributed by atoms with van der Waals surface area (Å²) >= 11 is 0. The molecule has 0 saturated heterocycles. The van der Waals surface area contributed by atoms with E-state index in [0.717, 1.165) is 5.56 Å². The second-order valence-corrected chi connectivity index (χ2v) is 35.1. The summed E-state index contributed by atoms with van der Waals surface area (Å²) in [4.78, 5) is 181. The van der Waals surface area contributed by atoms with E-state index in [-0.39, 0.29) is 227 Å². The van der Waals surface area contributed by atoms with Crippen molar-refractivity contribution >= 4 is 118 Å². The predicted octanol–water partition coefficient (Wildman–Crippen LogP) is 3.28. The summed E-state index contributed by atoms with van der Waals surface area (Å²) < 4.78 is 0. The van der Waals surface area contributed by atoms with E-state index in [9.17, 15) is 19.2 Å². The Morgan fingerprint density at radius 2 is 0.412 bits per heavy atom. The summed E-state index contributed by atoms with van der Waals surface area (Å²) in [6.07, 6.45) is -0.300. The first kappa shape index (κ1) is 115. The normalized spacial score (nSPS) is 13.7. The van der Waals surface area contributed by atoms with Crippen molar-refractivity contribution in [1.29, 1.82) is 43.3 Å². The number of guanidine groups is 8. The second-order valence-electron chi connectivity index (χ2n) is 35.1. The van der Waals surface area contributed by atoms with Crippen molar-refractivity contribution < 1.29 is 57.5 Å². The molecule has 0 radical (unpaired) electrons. The molecule has 0 aromatic heterocycles. The van der Waals surface area contributed by atoms with Crippen LogP contribution >= 0.6 is 0 Å². The lowest BCUT2D eigenvalue weighted by atomic mass is 9.82. The number of carbonyl (C=O) groups excluding carboxylic acids is 12. The molecule has 0 bridgehead atoms. The number of hydrogen-bond donors (Lipinski definition) is 28. The summed E-state index contributed by atoms with van der Waals surface area (Å²) in [5.41, 5.74) is 47.8. The minimum atomic E-state index is -1.40. The van der Waals surface area contributed by atoms with Gasteiger partial charge in [0.15, 0.2) is 70.8 Å². The van der Waals surface area contributed by atoms with Crippen LogP contribution in [0.15, 0.2) is 121 Å². The van der Waals surface area contributed by atoms with Crippen LogP contribution in [0.4, 0.5) is 0 Å². The fourth-order valence-electron chi connectivity index (χ4n) is 16.3. The number of nitrogens with two attached hydrogens (primary N) is 8.